The van der Waals surface area contributed by atoms with Crippen molar-refractivity contribution in [3.8, 4) is 23.0 Å². The molecule has 0 saturated heterocycles. The largest absolute Gasteiger partial charge is 0.480 e. The Morgan fingerprint density at radius 2 is 1.50 bits per heavy atom. The Balaban J connectivity index is 1.37. The van der Waals surface area contributed by atoms with E-state index in [0.29, 0.717) is 45.1 Å². The van der Waals surface area contributed by atoms with Gasteiger partial charge in [-0.15, -0.1) is 0 Å². The van der Waals surface area contributed by atoms with Crippen LogP contribution in [0.2, 0.25) is 5.02 Å². The Morgan fingerprint density at radius 3 is 2.17 bits per heavy atom. The molecule has 0 aliphatic carbocycles. The van der Waals surface area contributed by atoms with Crippen molar-refractivity contribution in [2.24, 2.45) is 0 Å². The van der Waals surface area contributed by atoms with Gasteiger partial charge in [-0.05, 0) is 66.7 Å². The van der Waals surface area contributed by atoms with E-state index in [4.69, 9.17) is 26.2 Å². The van der Waals surface area contributed by atoms with E-state index in [0.717, 1.165) is 0 Å². The molecule has 0 radical (unpaired) electrons. The molecule has 4 rings (SSSR count). The normalized spacial score (nSPS) is 10.2. The maximum absolute atomic E-state index is 12.7. The van der Waals surface area contributed by atoms with E-state index in [-0.39, 0.29) is 18.1 Å². The molecule has 3 aromatic carbocycles. The molecular formula is C28H24ClN5O6. The fraction of sp³-hybridized carbons (Fsp3) is 0.0714. The zero-order valence-electron chi connectivity index (χ0n) is 21.1. The second-order valence-electron chi connectivity index (χ2n) is 8.18. The Hall–Kier alpha value is -5.29. The molecule has 1 aromatic heterocycles. The van der Waals surface area contributed by atoms with E-state index in [1.54, 1.807) is 72.8 Å². The first-order valence-electron chi connectivity index (χ1n) is 11.9. The lowest BCUT2D eigenvalue weighted by atomic mass is 10.2. The standard InChI is InChI=1S/C28H24ClN5O6/c1-30-27(37)24-15-22(12-13-31-24)39-20-9-5-19(6-10-20)33-28(38)34-23-11-2-17(29)14-25(23)40-21-7-3-18(4-8-21)32-16-26(35)36/h2-15,32H,16H2,1H3,(H,30,37)(H,35,36)(H2,33,34,38). The summed E-state index contributed by atoms with van der Waals surface area (Å²) in [5, 5.41) is 19.9. The second kappa shape index (κ2) is 13.0. The summed E-state index contributed by atoms with van der Waals surface area (Å²) in [7, 11) is 1.52. The number of hydrogen-bond donors (Lipinski definition) is 5. The summed E-state index contributed by atoms with van der Waals surface area (Å²) in [5.41, 5.74) is 1.72. The molecule has 0 atom stereocenters. The third kappa shape index (κ3) is 7.85. The topological polar surface area (TPSA) is 151 Å². The lowest BCUT2D eigenvalue weighted by Gasteiger charge is -2.14. The van der Waals surface area contributed by atoms with Crippen molar-refractivity contribution >= 4 is 46.6 Å². The van der Waals surface area contributed by atoms with Gasteiger partial charge in [0.15, 0.2) is 5.75 Å². The molecule has 0 bridgehead atoms. The molecule has 0 fully saturated rings. The molecule has 12 heteroatoms. The second-order valence-corrected chi connectivity index (χ2v) is 8.61. The molecule has 0 saturated carbocycles. The van der Waals surface area contributed by atoms with E-state index in [1.165, 1.54) is 19.3 Å². The summed E-state index contributed by atoms with van der Waals surface area (Å²) < 4.78 is 11.7. The van der Waals surface area contributed by atoms with Gasteiger partial charge >= 0.3 is 12.0 Å². The first-order chi connectivity index (χ1) is 19.3. The molecule has 204 valence electrons. The summed E-state index contributed by atoms with van der Waals surface area (Å²) in [6, 6.07) is 20.7. The average Bonchev–Trinajstić information content (AvgIpc) is 2.95. The van der Waals surface area contributed by atoms with Crippen molar-refractivity contribution in [2.45, 2.75) is 0 Å². The number of carboxylic acid groups (broad SMARTS) is 1. The van der Waals surface area contributed by atoms with Gasteiger partial charge < -0.3 is 35.8 Å². The average molecular weight is 562 g/mol. The first-order valence-corrected chi connectivity index (χ1v) is 12.2. The molecule has 0 aliphatic heterocycles. The van der Waals surface area contributed by atoms with Crippen molar-refractivity contribution in [2.75, 3.05) is 29.5 Å². The van der Waals surface area contributed by atoms with Crippen molar-refractivity contribution in [1.82, 2.24) is 10.3 Å². The molecule has 11 nitrogen and oxygen atoms in total. The van der Waals surface area contributed by atoms with Crippen LogP contribution in [0.25, 0.3) is 0 Å². The zero-order chi connectivity index (χ0) is 28.5. The SMILES string of the molecule is CNC(=O)c1cc(Oc2ccc(NC(=O)Nc3ccc(Cl)cc3Oc3ccc(NCC(=O)O)cc3)cc2)ccn1. The van der Waals surface area contributed by atoms with E-state index in [1.807, 2.05) is 0 Å². The number of pyridine rings is 1. The van der Waals surface area contributed by atoms with Crippen LogP contribution >= 0.6 is 11.6 Å². The summed E-state index contributed by atoms with van der Waals surface area (Å²) in [4.78, 5) is 39.2. The van der Waals surface area contributed by atoms with Crippen molar-refractivity contribution in [3.63, 3.8) is 0 Å². The highest BCUT2D eigenvalue weighted by atomic mass is 35.5. The Labute approximate surface area is 234 Å². The van der Waals surface area contributed by atoms with E-state index < -0.39 is 12.0 Å². The molecule has 1 heterocycles. The van der Waals surface area contributed by atoms with Crippen LogP contribution in [0.5, 0.6) is 23.0 Å². The van der Waals surface area contributed by atoms with Gasteiger partial charge in [-0.3, -0.25) is 14.6 Å². The summed E-state index contributed by atoms with van der Waals surface area (Å²) in [5.74, 6) is 0.407. The van der Waals surface area contributed by atoms with Gasteiger partial charge in [-0.25, -0.2) is 4.79 Å². The smallest absolute Gasteiger partial charge is 0.323 e. The van der Waals surface area contributed by atoms with Gasteiger partial charge in [0.25, 0.3) is 5.91 Å². The molecule has 4 aromatic rings. The highest BCUT2D eigenvalue weighted by molar-refractivity contribution is 6.30. The van der Waals surface area contributed by atoms with Crippen LogP contribution in [-0.4, -0.2) is 41.6 Å². The minimum atomic E-state index is -0.972. The zero-order valence-corrected chi connectivity index (χ0v) is 21.9. The van der Waals surface area contributed by atoms with Crippen LogP contribution in [0, 0.1) is 0 Å². The van der Waals surface area contributed by atoms with Crippen LogP contribution in [0.1, 0.15) is 10.5 Å². The van der Waals surface area contributed by atoms with E-state index >= 15 is 0 Å². The molecule has 3 amide bonds. The molecule has 40 heavy (non-hydrogen) atoms. The number of aromatic nitrogens is 1. The third-order valence-electron chi connectivity index (χ3n) is 5.26. The van der Waals surface area contributed by atoms with Gasteiger partial charge in [0.05, 0.1) is 5.69 Å². The minimum Gasteiger partial charge on any atom is -0.480 e. The monoisotopic (exact) mass is 561 g/mol. The molecular weight excluding hydrogens is 538 g/mol. The third-order valence-corrected chi connectivity index (χ3v) is 5.49. The molecule has 0 unspecified atom stereocenters. The van der Waals surface area contributed by atoms with Crippen LogP contribution in [0.4, 0.5) is 21.9 Å². The van der Waals surface area contributed by atoms with Crippen molar-refractivity contribution in [3.05, 3.63) is 95.8 Å². The van der Waals surface area contributed by atoms with Gasteiger partial charge in [0.1, 0.15) is 29.5 Å². The van der Waals surface area contributed by atoms with Crippen LogP contribution < -0.4 is 30.7 Å². The number of hydrogen-bond acceptors (Lipinski definition) is 7. The number of ether oxygens (including phenoxy) is 2. The molecule has 0 spiro atoms. The minimum absolute atomic E-state index is 0.210. The van der Waals surface area contributed by atoms with Crippen LogP contribution in [0.15, 0.2) is 85.1 Å². The predicted molar refractivity (Wildman–Crippen MR) is 151 cm³/mol. The fourth-order valence-corrected chi connectivity index (χ4v) is 3.55. The number of anilines is 3. The lowest BCUT2D eigenvalue weighted by Crippen LogP contribution is -2.19. The van der Waals surface area contributed by atoms with Gasteiger partial charge in [0.2, 0.25) is 0 Å². The van der Waals surface area contributed by atoms with E-state index in [2.05, 4.69) is 26.3 Å². The van der Waals surface area contributed by atoms with Crippen LogP contribution in [-0.2, 0) is 4.79 Å². The van der Waals surface area contributed by atoms with E-state index in [9.17, 15) is 14.4 Å². The number of amides is 3. The summed E-state index contributed by atoms with van der Waals surface area (Å²) in [6.45, 7) is -0.210. The van der Waals surface area contributed by atoms with Crippen molar-refractivity contribution < 1.29 is 29.0 Å². The summed E-state index contributed by atoms with van der Waals surface area (Å²) >= 11 is 6.14. The molecule has 5 N–H and O–H groups in total. The summed E-state index contributed by atoms with van der Waals surface area (Å²) in [6.07, 6.45) is 1.48. The van der Waals surface area contributed by atoms with Gasteiger partial charge in [-0.2, -0.15) is 0 Å². The highest BCUT2D eigenvalue weighted by Crippen LogP contribution is 2.33. The number of nitrogens with zero attached hydrogens (tertiary/aromatic N) is 1. The Kier molecular flexibility index (Phi) is 9.00. The number of carboxylic acids is 1. The van der Waals surface area contributed by atoms with Crippen molar-refractivity contribution in [1.29, 1.82) is 0 Å². The first kappa shape index (κ1) is 27.7. The number of carbonyl (C=O) groups is 3. The Morgan fingerprint density at radius 1 is 0.825 bits per heavy atom. The number of rotatable bonds is 10. The maximum atomic E-state index is 12.7. The molecule has 0 aliphatic rings. The number of aliphatic carboxylic acids is 1. The number of halogens is 1. The van der Waals surface area contributed by atoms with Gasteiger partial charge in [-0.1, -0.05) is 11.6 Å². The number of benzene rings is 3. The Bertz CT molecular complexity index is 1510. The maximum Gasteiger partial charge on any atom is 0.323 e. The number of urea groups is 1. The van der Waals surface area contributed by atoms with Crippen LogP contribution in [0.3, 0.4) is 0 Å². The highest BCUT2D eigenvalue weighted by Gasteiger charge is 2.12. The fourth-order valence-electron chi connectivity index (χ4n) is 3.38. The predicted octanol–water partition coefficient (Wildman–Crippen LogP) is 5.82. The number of carbonyl (C=O) groups excluding carboxylic acids is 2. The van der Waals surface area contributed by atoms with Gasteiger partial charge in [0, 0.05) is 41.8 Å². The number of nitrogens with one attached hydrogen (secondary N) is 4. The lowest BCUT2D eigenvalue weighted by molar-refractivity contribution is -0.134. The quantitative estimate of drug-likeness (QED) is 0.162.